The van der Waals surface area contributed by atoms with E-state index in [1.165, 1.54) is 11.1 Å². The average Bonchev–Trinajstić information content (AvgIpc) is 3.06. The van der Waals surface area contributed by atoms with E-state index in [0.717, 1.165) is 68.2 Å². The molecule has 0 amide bonds. The van der Waals surface area contributed by atoms with Crippen LogP contribution in [0.4, 0.5) is 22.0 Å². The summed E-state index contributed by atoms with van der Waals surface area (Å²) >= 11 is -1.42. The van der Waals surface area contributed by atoms with Gasteiger partial charge in [0.2, 0.25) is 0 Å². The molecule has 10 heteroatoms. The Bertz CT molecular complexity index is 1150. The lowest BCUT2D eigenvalue weighted by Crippen LogP contribution is -2.36. The highest BCUT2D eigenvalue weighted by molar-refractivity contribution is 7.91. The summed E-state index contributed by atoms with van der Waals surface area (Å²) in [5.74, 6) is -4.11. The van der Waals surface area contributed by atoms with Gasteiger partial charge in [-0.05, 0) is 111 Å². The first kappa shape index (κ1) is 33.2. The summed E-state index contributed by atoms with van der Waals surface area (Å²) in [6.45, 7) is 1.52. The Morgan fingerprint density at radius 3 is 2.29 bits per heavy atom. The van der Waals surface area contributed by atoms with Crippen LogP contribution in [0.25, 0.3) is 11.1 Å². The molecule has 4 nitrogen and oxygen atoms in total. The van der Waals surface area contributed by atoms with Crippen LogP contribution in [0.15, 0.2) is 42.5 Å². The van der Waals surface area contributed by atoms with Gasteiger partial charge in [0.15, 0.2) is 0 Å². The zero-order valence-electron chi connectivity index (χ0n) is 23.5. The van der Waals surface area contributed by atoms with E-state index >= 15 is 0 Å². The Kier molecular flexibility index (Phi) is 12.4. The Hall–Kier alpha value is -2.30. The third-order valence-electron chi connectivity index (χ3n) is 7.50. The van der Waals surface area contributed by atoms with E-state index in [1.54, 1.807) is 18.2 Å². The number of phenols is 2. The Morgan fingerprint density at radius 1 is 0.854 bits per heavy atom. The molecule has 0 spiro atoms. The van der Waals surface area contributed by atoms with Crippen molar-refractivity contribution >= 4 is 22.3 Å². The molecule has 0 saturated carbocycles. The van der Waals surface area contributed by atoms with E-state index in [9.17, 15) is 36.7 Å². The van der Waals surface area contributed by atoms with Gasteiger partial charge in [-0.2, -0.15) is 22.0 Å². The number of fused-ring (bicyclic) bond motifs is 1. The number of halogens is 5. The van der Waals surface area contributed by atoms with Gasteiger partial charge in [0, 0.05) is 19.4 Å². The third-order valence-corrected chi connectivity index (χ3v) is 8.99. The molecule has 0 heterocycles. The van der Waals surface area contributed by atoms with Crippen LogP contribution in [0.3, 0.4) is 0 Å². The minimum Gasteiger partial charge on any atom is -0.616 e. The smallest absolute Gasteiger partial charge is 0.453 e. The topological polar surface area (TPSA) is 66.8 Å². The number of rotatable bonds is 15. The summed E-state index contributed by atoms with van der Waals surface area (Å²) in [6, 6.07) is 12.9. The molecule has 3 rings (SSSR count). The lowest BCUT2D eigenvalue weighted by molar-refractivity contribution is -0.284. The summed E-state index contributed by atoms with van der Waals surface area (Å²) in [7, 11) is 1.96. The van der Waals surface area contributed by atoms with Crippen LogP contribution < -0.4 is 0 Å². The molecule has 228 valence electrons. The van der Waals surface area contributed by atoms with Gasteiger partial charge in [-0.1, -0.05) is 35.8 Å². The average molecular weight is 602 g/mol. The fourth-order valence-electron chi connectivity index (χ4n) is 5.31. The second kappa shape index (κ2) is 15.3. The molecule has 1 aliphatic rings. The van der Waals surface area contributed by atoms with Gasteiger partial charge in [0.25, 0.3) is 0 Å². The maximum atomic E-state index is 13.0. The van der Waals surface area contributed by atoms with Crippen LogP contribution in [-0.2, 0) is 17.6 Å². The van der Waals surface area contributed by atoms with Crippen molar-refractivity contribution in [3.63, 3.8) is 0 Å². The molecule has 2 N–H and O–H groups in total. The van der Waals surface area contributed by atoms with Gasteiger partial charge in [0.05, 0.1) is 0 Å². The monoisotopic (exact) mass is 601 g/mol. The number of benzene rings is 2. The van der Waals surface area contributed by atoms with Gasteiger partial charge in [-0.3, -0.25) is 0 Å². The van der Waals surface area contributed by atoms with Gasteiger partial charge < -0.3 is 19.7 Å². The normalized spacial score (nSPS) is 15.2. The molecule has 0 saturated heterocycles. The number of aryl methyl sites for hydroxylation is 1. The molecule has 2 aromatic carbocycles. The Labute approximate surface area is 242 Å². The zero-order valence-corrected chi connectivity index (χ0v) is 24.3. The van der Waals surface area contributed by atoms with Crippen LogP contribution in [0, 0.1) is 0 Å². The minimum atomic E-state index is -5.56. The number of allylic oxidation sites excluding steroid dienone is 2. The van der Waals surface area contributed by atoms with Crippen molar-refractivity contribution in [3.05, 3.63) is 59.2 Å². The van der Waals surface area contributed by atoms with Crippen molar-refractivity contribution in [3.8, 4) is 11.5 Å². The summed E-state index contributed by atoms with van der Waals surface area (Å²) in [4.78, 5) is 2.12. The Balaban J connectivity index is 1.44. The number of aromatic hydroxyl groups is 2. The first-order valence-electron chi connectivity index (χ1n) is 14.2. The zero-order chi connectivity index (χ0) is 30.0. The van der Waals surface area contributed by atoms with Crippen molar-refractivity contribution in [1.82, 2.24) is 4.90 Å². The highest BCUT2D eigenvalue weighted by Gasteiger charge is 2.56. The number of hydrogen-bond donors (Lipinski definition) is 2. The second-order valence-corrected chi connectivity index (χ2v) is 12.5. The lowest BCUT2D eigenvalue weighted by atomic mass is 9.89. The van der Waals surface area contributed by atoms with Gasteiger partial charge in [-0.25, -0.2) is 0 Å². The predicted molar refractivity (Wildman–Crippen MR) is 155 cm³/mol. The predicted octanol–water partition coefficient (Wildman–Crippen LogP) is 7.95. The molecule has 1 atom stereocenters. The standard InChI is InChI=1S/C31H40F5NO3S/c1-37(18-8-20-41(40)19-7-16-30(32,33)31(34,35)36)17-4-2-3-12-29-27(23-9-5-11-25(38)21-23)13-6-10-24-22-26(39)14-15-28(24)29/h5,9,11,14-15,21-22,38-39H,2-4,6-8,10,12-13,16-20H2,1H3. The molecular formula is C31H40F5NO3S. The Morgan fingerprint density at radius 2 is 1.56 bits per heavy atom. The summed E-state index contributed by atoms with van der Waals surface area (Å²) < 4.78 is 74.7. The number of alkyl halides is 5. The van der Waals surface area contributed by atoms with Crippen molar-refractivity contribution in [2.75, 3.05) is 31.6 Å². The van der Waals surface area contributed by atoms with Crippen LogP contribution in [0.1, 0.15) is 74.5 Å². The van der Waals surface area contributed by atoms with Gasteiger partial charge >= 0.3 is 12.1 Å². The largest absolute Gasteiger partial charge is 0.616 e. The maximum absolute atomic E-state index is 13.0. The number of nitrogens with zero attached hydrogens (tertiary/aromatic N) is 1. The van der Waals surface area contributed by atoms with Crippen LogP contribution in [-0.4, -0.2) is 63.4 Å². The highest BCUT2D eigenvalue weighted by atomic mass is 32.2. The van der Waals surface area contributed by atoms with Crippen molar-refractivity contribution in [2.24, 2.45) is 0 Å². The van der Waals surface area contributed by atoms with E-state index < -0.39 is 36.1 Å². The van der Waals surface area contributed by atoms with Crippen LogP contribution >= 0.6 is 0 Å². The summed E-state index contributed by atoms with van der Waals surface area (Å²) in [6.07, 6.45) is -0.203. The number of unbranched alkanes of at least 4 members (excludes halogenated alkanes) is 2. The van der Waals surface area contributed by atoms with E-state index in [4.69, 9.17) is 0 Å². The van der Waals surface area contributed by atoms with E-state index in [-0.39, 0.29) is 23.0 Å². The molecule has 0 bridgehead atoms. The van der Waals surface area contributed by atoms with Crippen molar-refractivity contribution < 1.29 is 36.7 Å². The van der Waals surface area contributed by atoms with Gasteiger partial charge in [0.1, 0.15) is 23.0 Å². The quantitative estimate of drug-likeness (QED) is 0.124. The highest BCUT2D eigenvalue weighted by Crippen LogP contribution is 2.41. The minimum absolute atomic E-state index is 0.154. The van der Waals surface area contributed by atoms with E-state index in [2.05, 4.69) is 4.90 Å². The molecular weight excluding hydrogens is 561 g/mol. The maximum Gasteiger partial charge on any atom is 0.453 e. The molecule has 2 aromatic rings. The fourth-order valence-corrected chi connectivity index (χ4v) is 6.44. The van der Waals surface area contributed by atoms with Crippen LogP contribution in [0.2, 0.25) is 0 Å². The molecule has 0 radical (unpaired) electrons. The molecule has 41 heavy (non-hydrogen) atoms. The van der Waals surface area contributed by atoms with Crippen molar-refractivity contribution in [2.45, 2.75) is 76.3 Å². The summed E-state index contributed by atoms with van der Waals surface area (Å²) in [5, 5.41) is 20.1. The van der Waals surface area contributed by atoms with Crippen molar-refractivity contribution in [1.29, 1.82) is 0 Å². The first-order chi connectivity index (χ1) is 19.4. The third kappa shape index (κ3) is 10.2. The molecule has 1 aliphatic carbocycles. The summed E-state index contributed by atoms with van der Waals surface area (Å²) in [5.41, 5.74) is 5.81. The fraction of sp³-hybridized carbons (Fsp3) is 0.548. The number of phenolic OH excluding ortho intramolecular Hbond substituents is 2. The lowest BCUT2D eigenvalue weighted by Gasteiger charge is -2.20. The molecule has 0 fully saturated rings. The molecule has 0 aliphatic heterocycles. The number of hydrogen-bond acceptors (Lipinski definition) is 4. The molecule has 0 aromatic heterocycles. The molecule has 1 unspecified atom stereocenters. The van der Waals surface area contributed by atoms with E-state index in [1.807, 2.05) is 31.3 Å². The van der Waals surface area contributed by atoms with E-state index in [0.29, 0.717) is 13.0 Å². The second-order valence-electron chi connectivity index (χ2n) is 10.8. The SMILES string of the molecule is CN(CCCCCC1=C(c2cccc(O)c2)CCCc2cc(O)ccc21)CCC[S+]([O-])CCCC(F)(F)C(F)(F)F. The van der Waals surface area contributed by atoms with Crippen LogP contribution in [0.5, 0.6) is 11.5 Å². The first-order valence-corrected chi connectivity index (χ1v) is 15.7. The van der Waals surface area contributed by atoms with Gasteiger partial charge in [-0.15, -0.1) is 0 Å².